The van der Waals surface area contributed by atoms with Gasteiger partial charge in [0.05, 0.1) is 10.0 Å². The third-order valence-corrected chi connectivity index (χ3v) is 5.71. The molecule has 1 fully saturated rings. The highest BCUT2D eigenvalue weighted by atomic mass is 35.5. The predicted molar refractivity (Wildman–Crippen MR) is 103 cm³/mol. The van der Waals surface area contributed by atoms with Crippen LogP contribution in [0.5, 0.6) is 0 Å². The molecule has 0 saturated carbocycles. The van der Waals surface area contributed by atoms with Crippen molar-refractivity contribution in [1.82, 2.24) is 10.2 Å². The van der Waals surface area contributed by atoms with Crippen molar-refractivity contribution in [3.8, 4) is 0 Å². The van der Waals surface area contributed by atoms with Crippen LogP contribution in [0, 0.1) is 0 Å². The molecule has 1 saturated heterocycles. The van der Waals surface area contributed by atoms with Gasteiger partial charge in [-0.2, -0.15) is 0 Å². The van der Waals surface area contributed by atoms with Gasteiger partial charge < -0.3 is 5.32 Å². The van der Waals surface area contributed by atoms with E-state index in [4.69, 9.17) is 23.2 Å². The third kappa shape index (κ3) is 4.12. The highest BCUT2D eigenvalue weighted by Gasteiger charge is 2.26. The molecule has 1 unspecified atom stereocenters. The van der Waals surface area contributed by atoms with Crippen LogP contribution in [0.2, 0.25) is 10.0 Å². The van der Waals surface area contributed by atoms with E-state index in [9.17, 15) is 0 Å². The Morgan fingerprint density at radius 2 is 1.75 bits per heavy atom. The van der Waals surface area contributed by atoms with E-state index >= 15 is 0 Å². The van der Waals surface area contributed by atoms with Crippen molar-refractivity contribution in [3.05, 3.63) is 69.7 Å². The first-order valence-electron chi connectivity index (χ1n) is 8.57. The fourth-order valence-corrected chi connectivity index (χ4v) is 3.95. The molecule has 2 nitrogen and oxygen atoms in total. The molecule has 1 aliphatic heterocycles. The molecule has 1 heterocycles. The van der Waals surface area contributed by atoms with Gasteiger partial charge in [-0.1, -0.05) is 59.6 Å². The second-order valence-corrected chi connectivity index (χ2v) is 7.28. The molecule has 0 radical (unpaired) electrons. The number of rotatable bonds is 5. The number of nitrogens with zero attached hydrogens (tertiary/aromatic N) is 1. The molecule has 4 heteroatoms. The number of halogens is 2. The van der Waals surface area contributed by atoms with Gasteiger partial charge in [-0.3, -0.25) is 4.90 Å². The van der Waals surface area contributed by atoms with E-state index in [1.165, 1.54) is 24.0 Å². The summed E-state index contributed by atoms with van der Waals surface area (Å²) in [4.78, 5) is 2.56. The van der Waals surface area contributed by atoms with Crippen LogP contribution < -0.4 is 5.32 Å². The molecule has 2 aromatic carbocycles. The second kappa shape index (κ2) is 8.35. The lowest BCUT2D eigenvalue weighted by Crippen LogP contribution is -2.40. The fourth-order valence-electron chi connectivity index (χ4n) is 3.64. The van der Waals surface area contributed by atoms with Gasteiger partial charge >= 0.3 is 0 Å². The maximum Gasteiger partial charge on any atom is 0.0595 e. The van der Waals surface area contributed by atoms with E-state index in [-0.39, 0.29) is 0 Å². The van der Waals surface area contributed by atoms with E-state index in [1.54, 1.807) is 0 Å². The normalized spacial score (nSPS) is 17.8. The van der Waals surface area contributed by atoms with Crippen molar-refractivity contribution in [2.24, 2.45) is 0 Å². The molecular weight excluding hydrogens is 339 g/mol. The van der Waals surface area contributed by atoms with Gasteiger partial charge in [-0.15, -0.1) is 0 Å². The Hall–Kier alpha value is -1.06. The number of benzene rings is 2. The molecule has 128 valence electrons. The summed E-state index contributed by atoms with van der Waals surface area (Å²) >= 11 is 12.3. The molecule has 1 aliphatic rings. The zero-order valence-corrected chi connectivity index (χ0v) is 15.5. The molecule has 1 atom stereocenters. The number of hydrogen-bond acceptors (Lipinski definition) is 2. The Bertz CT molecular complexity index is 652. The first-order valence-corrected chi connectivity index (χ1v) is 9.33. The molecule has 0 aliphatic carbocycles. The van der Waals surface area contributed by atoms with Crippen LogP contribution in [0.1, 0.15) is 35.9 Å². The molecule has 3 rings (SSSR count). The SMILES string of the molecule is CNCC(c1ccc(Cl)c(Cl)c1)N1CCC(c2ccccc2)CC1. The van der Waals surface area contributed by atoms with Crippen LogP contribution >= 0.6 is 23.2 Å². The monoisotopic (exact) mass is 362 g/mol. The van der Waals surface area contributed by atoms with Crippen LogP contribution in [-0.2, 0) is 0 Å². The van der Waals surface area contributed by atoms with Crippen LogP contribution in [0.25, 0.3) is 0 Å². The minimum atomic E-state index is 0.335. The minimum Gasteiger partial charge on any atom is -0.318 e. The van der Waals surface area contributed by atoms with E-state index in [0.29, 0.717) is 22.0 Å². The standard InChI is InChI=1S/C20H24Cl2N2/c1-23-14-20(17-7-8-18(21)19(22)13-17)24-11-9-16(10-12-24)15-5-3-2-4-6-15/h2-8,13,16,20,23H,9-12,14H2,1H3. The van der Waals surface area contributed by atoms with Crippen LogP contribution in [0.3, 0.4) is 0 Å². The summed E-state index contributed by atoms with van der Waals surface area (Å²) in [7, 11) is 2.00. The number of likely N-dealkylation sites (N-methyl/N-ethyl adjacent to an activating group) is 1. The predicted octanol–water partition coefficient (Wildman–Crippen LogP) is 5.13. The zero-order chi connectivity index (χ0) is 16.9. The van der Waals surface area contributed by atoms with Crippen molar-refractivity contribution < 1.29 is 0 Å². The molecule has 24 heavy (non-hydrogen) atoms. The van der Waals surface area contributed by atoms with Crippen LogP contribution in [0.15, 0.2) is 48.5 Å². The van der Waals surface area contributed by atoms with Gasteiger partial charge in [0.1, 0.15) is 0 Å². The van der Waals surface area contributed by atoms with Gasteiger partial charge in [-0.05, 0) is 62.2 Å². The Kier molecular flexibility index (Phi) is 6.18. The van der Waals surface area contributed by atoms with E-state index in [0.717, 1.165) is 19.6 Å². The highest BCUT2D eigenvalue weighted by molar-refractivity contribution is 6.42. The lowest BCUT2D eigenvalue weighted by atomic mass is 9.88. The van der Waals surface area contributed by atoms with Gasteiger partial charge in [0.2, 0.25) is 0 Å². The van der Waals surface area contributed by atoms with E-state index < -0.39 is 0 Å². The Labute approximate surface area is 154 Å². The Balaban J connectivity index is 1.70. The van der Waals surface area contributed by atoms with Gasteiger partial charge in [0.25, 0.3) is 0 Å². The lowest BCUT2D eigenvalue weighted by Gasteiger charge is -2.38. The first-order chi connectivity index (χ1) is 11.7. The molecule has 1 N–H and O–H groups in total. The highest BCUT2D eigenvalue weighted by Crippen LogP contribution is 2.33. The topological polar surface area (TPSA) is 15.3 Å². The number of piperidine rings is 1. The summed E-state index contributed by atoms with van der Waals surface area (Å²) in [6.07, 6.45) is 2.40. The Morgan fingerprint density at radius 3 is 2.38 bits per heavy atom. The van der Waals surface area contributed by atoms with Crippen molar-refractivity contribution in [1.29, 1.82) is 0 Å². The van der Waals surface area contributed by atoms with E-state index in [1.807, 2.05) is 19.2 Å². The van der Waals surface area contributed by atoms with E-state index in [2.05, 4.69) is 46.6 Å². The molecule has 0 aromatic heterocycles. The zero-order valence-electron chi connectivity index (χ0n) is 14.0. The maximum atomic E-state index is 6.23. The number of nitrogens with one attached hydrogen (secondary N) is 1. The largest absolute Gasteiger partial charge is 0.318 e. The quantitative estimate of drug-likeness (QED) is 0.792. The first kappa shape index (κ1) is 17.8. The molecule has 0 bridgehead atoms. The van der Waals surface area contributed by atoms with Gasteiger partial charge in [-0.25, -0.2) is 0 Å². The summed E-state index contributed by atoms with van der Waals surface area (Å²) < 4.78 is 0. The van der Waals surface area contributed by atoms with Crippen LogP contribution in [-0.4, -0.2) is 31.6 Å². The average molecular weight is 363 g/mol. The average Bonchev–Trinajstić information content (AvgIpc) is 2.63. The number of hydrogen-bond donors (Lipinski definition) is 1. The summed E-state index contributed by atoms with van der Waals surface area (Å²) in [6, 6.07) is 17.2. The molecule has 2 aromatic rings. The van der Waals surface area contributed by atoms with Crippen molar-refractivity contribution in [3.63, 3.8) is 0 Å². The van der Waals surface area contributed by atoms with Crippen molar-refractivity contribution in [2.45, 2.75) is 24.8 Å². The van der Waals surface area contributed by atoms with Gasteiger partial charge in [0.15, 0.2) is 0 Å². The lowest BCUT2D eigenvalue weighted by molar-refractivity contribution is 0.151. The Morgan fingerprint density at radius 1 is 1.04 bits per heavy atom. The number of likely N-dealkylation sites (tertiary alicyclic amines) is 1. The van der Waals surface area contributed by atoms with Crippen LogP contribution in [0.4, 0.5) is 0 Å². The fraction of sp³-hybridized carbons (Fsp3) is 0.400. The third-order valence-electron chi connectivity index (χ3n) is 4.97. The summed E-state index contributed by atoms with van der Waals surface area (Å²) in [5.41, 5.74) is 2.70. The maximum absolute atomic E-state index is 6.23. The molecule has 0 spiro atoms. The second-order valence-electron chi connectivity index (χ2n) is 6.47. The van der Waals surface area contributed by atoms with Crippen molar-refractivity contribution >= 4 is 23.2 Å². The summed E-state index contributed by atoms with van der Waals surface area (Å²) in [5.74, 6) is 0.673. The van der Waals surface area contributed by atoms with Crippen molar-refractivity contribution in [2.75, 3.05) is 26.7 Å². The summed E-state index contributed by atoms with van der Waals surface area (Å²) in [6.45, 7) is 3.12. The molecular formula is C20H24Cl2N2. The summed E-state index contributed by atoms with van der Waals surface area (Å²) in [5, 5.41) is 4.57. The molecule has 0 amide bonds. The van der Waals surface area contributed by atoms with Gasteiger partial charge in [0, 0.05) is 12.6 Å². The smallest absolute Gasteiger partial charge is 0.0595 e. The minimum absolute atomic E-state index is 0.335.